The molecule has 0 spiro atoms. The molecule has 1 heterocycles. The van der Waals surface area contributed by atoms with Gasteiger partial charge in [-0.2, -0.15) is 5.10 Å². The van der Waals surface area contributed by atoms with E-state index in [0.717, 1.165) is 10.7 Å². The zero-order chi connectivity index (χ0) is 19.6. The molecule has 0 N–H and O–H groups in total. The van der Waals surface area contributed by atoms with E-state index in [0.29, 0.717) is 4.47 Å². The molecule has 3 aromatic rings. The number of fused-ring (bicyclic) bond motifs is 1. The van der Waals surface area contributed by atoms with Crippen molar-refractivity contribution in [2.24, 2.45) is 0 Å². The first-order chi connectivity index (χ1) is 12.9. The highest BCUT2D eigenvalue weighted by Crippen LogP contribution is 2.19. The minimum atomic E-state index is -0.727. The molecule has 2 aromatic carbocycles. The molecule has 140 valence electrons. The number of carbonyl (C=O) groups is 1. The number of rotatable bonds is 5. The summed E-state index contributed by atoms with van der Waals surface area (Å²) in [5, 5.41) is 4.23. The highest BCUT2D eigenvalue weighted by molar-refractivity contribution is 9.10. The van der Waals surface area contributed by atoms with Gasteiger partial charge in [-0.05, 0) is 25.1 Å². The fourth-order valence-corrected chi connectivity index (χ4v) is 3.09. The van der Waals surface area contributed by atoms with Gasteiger partial charge in [-0.15, -0.1) is 0 Å². The maximum atomic E-state index is 14.3. The monoisotopic (exact) mass is 436 g/mol. The van der Waals surface area contributed by atoms with Gasteiger partial charge >= 0.3 is 5.97 Å². The normalized spacial score (nSPS) is 11.0. The summed E-state index contributed by atoms with van der Waals surface area (Å²) in [6.07, 6.45) is -0.225. The molecule has 8 heteroatoms. The lowest BCUT2D eigenvalue weighted by Gasteiger charge is -2.12. The lowest BCUT2D eigenvalue weighted by atomic mass is 10.1. The Morgan fingerprint density at radius 2 is 2.00 bits per heavy atom. The third-order valence-corrected chi connectivity index (χ3v) is 4.46. The lowest BCUT2D eigenvalue weighted by Crippen LogP contribution is -2.27. The average Bonchev–Trinajstić information content (AvgIpc) is 2.61. The van der Waals surface area contributed by atoms with Crippen LogP contribution >= 0.6 is 15.9 Å². The number of carbonyl (C=O) groups excluding carboxylic acids is 1. The fraction of sp³-hybridized carbons (Fsp3) is 0.211. The molecule has 0 fully saturated rings. The number of hydrogen-bond acceptors (Lipinski definition) is 4. The summed E-state index contributed by atoms with van der Waals surface area (Å²) in [7, 11) is 0. The van der Waals surface area contributed by atoms with Gasteiger partial charge in [0.05, 0.1) is 30.7 Å². The molecule has 0 radical (unpaired) electrons. The Balaban J connectivity index is 2.14. The Morgan fingerprint density at radius 3 is 2.70 bits per heavy atom. The predicted octanol–water partition coefficient (Wildman–Crippen LogP) is 3.59. The zero-order valence-electron chi connectivity index (χ0n) is 14.3. The molecule has 0 saturated carbocycles. The van der Waals surface area contributed by atoms with Crippen molar-refractivity contribution in [3.8, 4) is 0 Å². The van der Waals surface area contributed by atoms with E-state index in [1.54, 1.807) is 13.0 Å². The van der Waals surface area contributed by atoms with E-state index in [1.165, 1.54) is 24.3 Å². The van der Waals surface area contributed by atoms with Gasteiger partial charge in [0.2, 0.25) is 0 Å². The molecule has 5 nitrogen and oxygen atoms in total. The van der Waals surface area contributed by atoms with Crippen LogP contribution in [-0.2, 0) is 22.5 Å². The summed E-state index contributed by atoms with van der Waals surface area (Å²) >= 11 is 3.17. The highest BCUT2D eigenvalue weighted by atomic mass is 79.9. The molecule has 1 aromatic heterocycles. The molecule has 0 aliphatic heterocycles. The first kappa shape index (κ1) is 19.2. The van der Waals surface area contributed by atoms with Crippen LogP contribution < -0.4 is 5.56 Å². The summed E-state index contributed by atoms with van der Waals surface area (Å²) < 4.78 is 34.9. The number of esters is 1. The van der Waals surface area contributed by atoms with Crippen molar-refractivity contribution in [1.29, 1.82) is 0 Å². The first-order valence-electron chi connectivity index (χ1n) is 8.18. The Hall–Kier alpha value is -2.61. The third kappa shape index (κ3) is 4.05. The fourth-order valence-electron chi connectivity index (χ4n) is 2.75. The Kier molecular flexibility index (Phi) is 5.65. The molecule has 0 bridgehead atoms. The van der Waals surface area contributed by atoms with Crippen molar-refractivity contribution in [2.75, 3.05) is 6.61 Å². The number of hydrogen-bond donors (Lipinski definition) is 0. The van der Waals surface area contributed by atoms with Crippen LogP contribution in [0.4, 0.5) is 8.78 Å². The minimum absolute atomic E-state index is 0.189. The van der Waals surface area contributed by atoms with Gasteiger partial charge in [0, 0.05) is 15.4 Å². The molecule has 0 aliphatic rings. The third-order valence-electron chi connectivity index (χ3n) is 3.97. The van der Waals surface area contributed by atoms with E-state index in [4.69, 9.17) is 4.74 Å². The second-order valence-corrected chi connectivity index (χ2v) is 6.71. The van der Waals surface area contributed by atoms with Crippen LogP contribution in [-0.4, -0.2) is 22.4 Å². The van der Waals surface area contributed by atoms with Gasteiger partial charge < -0.3 is 4.74 Å². The van der Waals surface area contributed by atoms with Crippen molar-refractivity contribution in [3.05, 3.63) is 74.1 Å². The number of nitrogens with zero attached hydrogens (tertiary/aromatic N) is 2. The second-order valence-electron chi connectivity index (χ2n) is 5.79. The van der Waals surface area contributed by atoms with Crippen LogP contribution in [0.1, 0.15) is 18.2 Å². The first-order valence-corrected chi connectivity index (χ1v) is 8.97. The SMILES string of the molecule is CCOC(=O)Cc1nn(Cc2ccc(Br)cc2F)c(=O)c2c(F)cccc12. The van der Waals surface area contributed by atoms with Crippen molar-refractivity contribution in [1.82, 2.24) is 9.78 Å². The Labute approximate surface area is 161 Å². The molecule has 0 unspecified atom stereocenters. The van der Waals surface area contributed by atoms with Gasteiger partial charge in [0.15, 0.2) is 0 Å². The second kappa shape index (κ2) is 7.96. The highest BCUT2D eigenvalue weighted by Gasteiger charge is 2.18. The largest absolute Gasteiger partial charge is 0.466 e. The van der Waals surface area contributed by atoms with Crippen molar-refractivity contribution >= 4 is 32.7 Å². The van der Waals surface area contributed by atoms with E-state index in [-0.39, 0.29) is 41.6 Å². The van der Waals surface area contributed by atoms with Gasteiger partial charge in [0.1, 0.15) is 11.6 Å². The number of aromatic nitrogens is 2. The lowest BCUT2D eigenvalue weighted by molar-refractivity contribution is -0.142. The van der Waals surface area contributed by atoms with E-state index in [9.17, 15) is 18.4 Å². The maximum Gasteiger partial charge on any atom is 0.311 e. The molecule has 0 aliphatic carbocycles. The van der Waals surface area contributed by atoms with Crippen molar-refractivity contribution < 1.29 is 18.3 Å². The van der Waals surface area contributed by atoms with Crippen LogP contribution in [0.25, 0.3) is 10.8 Å². The summed E-state index contributed by atoms with van der Waals surface area (Å²) in [5.74, 6) is -1.80. The molecule has 0 atom stereocenters. The minimum Gasteiger partial charge on any atom is -0.466 e. The van der Waals surface area contributed by atoms with Gasteiger partial charge in [0.25, 0.3) is 5.56 Å². The Morgan fingerprint density at radius 1 is 1.22 bits per heavy atom. The van der Waals surface area contributed by atoms with Gasteiger partial charge in [-0.25, -0.2) is 13.5 Å². The smallest absolute Gasteiger partial charge is 0.311 e. The van der Waals surface area contributed by atoms with Crippen LogP contribution in [0, 0.1) is 11.6 Å². The van der Waals surface area contributed by atoms with Crippen molar-refractivity contribution in [2.45, 2.75) is 19.9 Å². The van der Waals surface area contributed by atoms with E-state index >= 15 is 0 Å². The van der Waals surface area contributed by atoms with E-state index < -0.39 is 23.2 Å². The number of ether oxygens (including phenoxy) is 1. The van der Waals surface area contributed by atoms with Gasteiger partial charge in [-0.1, -0.05) is 34.1 Å². The number of halogens is 3. The predicted molar refractivity (Wildman–Crippen MR) is 99.5 cm³/mol. The van der Waals surface area contributed by atoms with Crippen LogP contribution in [0.5, 0.6) is 0 Å². The van der Waals surface area contributed by atoms with Crippen molar-refractivity contribution in [3.63, 3.8) is 0 Å². The quantitative estimate of drug-likeness (QED) is 0.573. The molecular weight excluding hydrogens is 422 g/mol. The standard InChI is InChI=1S/C19H15BrF2N2O3/c1-2-27-17(25)9-16-13-4-3-5-14(21)18(13)19(26)24(23-16)10-11-6-7-12(20)8-15(11)22/h3-8H,2,9-10H2,1H3. The van der Waals surface area contributed by atoms with Crippen LogP contribution in [0.3, 0.4) is 0 Å². The van der Waals surface area contributed by atoms with Crippen LogP contribution in [0.2, 0.25) is 0 Å². The number of benzene rings is 2. The molecule has 0 saturated heterocycles. The maximum absolute atomic E-state index is 14.3. The van der Waals surface area contributed by atoms with E-state index in [2.05, 4.69) is 21.0 Å². The molecule has 0 amide bonds. The van der Waals surface area contributed by atoms with Crippen LogP contribution in [0.15, 0.2) is 45.7 Å². The Bertz CT molecular complexity index is 1080. The van der Waals surface area contributed by atoms with E-state index in [1.807, 2.05) is 0 Å². The summed E-state index contributed by atoms with van der Waals surface area (Å²) in [5.41, 5.74) is -0.288. The molecule has 27 heavy (non-hydrogen) atoms. The average molecular weight is 437 g/mol. The summed E-state index contributed by atoms with van der Waals surface area (Å²) in [6.45, 7) is 1.66. The molecule has 3 rings (SSSR count). The molecular formula is C19H15BrF2N2O3. The zero-order valence-corrected chi connectivity index (χ0v) is 15.9. The summed E-state index contributed by atoms with van der Waals surface area (Å²) in [4.78, 5) is 24.6. The summed E-state index contributed by atoms with van der Waals surface area (Å²) in [6, 6.07) is 8.51. The topological polar surface area (TPSA) is 61.2 Å². The van der Waals surface area contributed by atoms with Gasteiger partial charge in [-0.3, -0.25) is 9.59 Å².